The number of allylic oxidation sites excluding steroid dienone is 1. The van der Waals surface area contributed by atoms with Crippen LogP contribution in [0, 0.1) is 0 Å². The smallest absolute Gasteiger partial charge is 0.433 e. The average molecular weight is 644 g/mol. The standard InChI is InChI=1S/C28H20F12N2O2/c29-25(30,31)12-10-18-6-8-20(14-22(18)27(35,36)37)41-42(24(43)44-16-17-4-2-1-3-5-17)21-9-7-19(11-13-26(32,33)34)23(15-21)28(38,39)40/h1-9,11,13-15,41H,10,12,16H2. The summed E-state index contributed by atoms with van der Waals surface area (Å²) in [4.78, 5) is 13.0. The second-order valence-corrected chi connectivity index (χ2v) is 9.12. The zero-order chi connectivity index (χ0) is 32.9. The highest BCUT2D eigenvalue weighted by molar-refractivity contribution is 5.90. The number of carbonyl (C=O) groups excluding carboxylic acids is 1. The molecule has 0 aliphatic rings. The van der Waals surface area contributed by atoms with Crippen LogP contribution in [0.5, 0.6) is 0 Å². The lowest BCUT2D eigenvalue weighted by Gasteiger charge is -2.26. The van der Waals surface area contributed by atoms with Crippen molar-refractivity contribution in [2.24, 2.45) is 0 Å². The summed E-state index contributed by atoms with van der Waals surface area (Å²) in [7, 11) is 0. The number of nitrogens with one attached hydrogen (secondary N) is 1. The summed E-state index contributed by atoms with van der Waals surface area (Å²) in [5, 5.41) is 0.278. The number of alkyl halides is 12. The Hall–Kier alpha value is -4.37. The predicted molar refractivity (Wildman–Crippen MR) is 135 cm³/mol. The summed E-state index contributed by atoms with van der Waals surface area (Å²) >= 11 is 0. The van der Waals surface area contributed by atoms with E-state index in [0.29, 0.717) is 23.8 Å². The highest BCUT2D eigenvalue weighted by Gasteiger charge is 2.37. The van der Waals surface area contributed by atoms with Gasteiger partial charge in [-0.3, -0.25) is 5.43 Å². The number of nitrogens with zero attached hydrogens (tertiary/aromatic N) is 1. The first kappa shape index (κ1) is 34.1. The molecule has 4 nitrogen and oxygen atoms in total. The van der Waals surface area contributed by atoms with Gasteiger partial charge in [0.2, 0.25) is 0 Å². The van der Waals surface area contributed by atoms with Crippen LogP contribution in [-0.2, 0) is 30.1 Å². The van der Waals surface area contributed by atoms with E-state index in [4.69, 9.17) is 4.74 Å². The van der Waals surface area contributed by atoms with E-state index in [9.17, 15) is 57.5 Å². The first-order valence-corrected chi connectivity index (χ1v) is 12.2. The van der Waals surface area contributed by atoms with Crippen molar-refractivity contribution in [2.45, 2.75) is 44.2 Å². The lowest BCUT2D eigenvalue weighted by molar-refractivity contribution is -0.141. The first-order valence-electron chi connectivity index (χ1n) is 12.2. The maximum Gasteiger partial charge on any atom is 0.433 e. The summed E-state index contributed by atoms with van der Waals surface area (Å²) in [5.41, 5.74) is -3.51. The van der Waals surface area contributed by atoms with Crippen LogP contribution in [0.25, 0.3) is 6.08 Å². The van der Waals surface area contributed by atoms with E-state index in [0.717, 1.165) is 12.1 Å². The number of anilines is 2. The molecule has 44 heavy (non-hydrogen) atoms. The number of hydrogen-bond acceptors (Lipinski definition) is 3. The van der Waals surface area contributed by atoms with Gasteiger partial charge in [0.15, 0.2) is 0 Å². The molecule has 1 amide bonds. The minimum Gasteiger partial charge on any atom is -0.443 e. The average Bonchev–Trinajstić information content (AvgIpc) is 2.91. The van der Waals surface area contributed by atoms with Gasteiger partial charge in [0, 0.05) is 12.5 Å². The molecule has 16 heteroatoms. The van der Waals surface area contributed by atoms with E-state index in [1.54, 1.807) is 18.2 Å². The molecule has 0 aromatic heterocycles. The van der Waals surface area contributed by atoms with Gasteiger partial charge in [0.05, 0.1) is 22.5 Å². The Balaban J connectivity index is 2.06. The molecule has 0 aliphatic carbocycles. The van der Waals surface area contributed by atoms with Gasteiger partial charge in [-0.15, -0.1) is 0 Å². The minimum atomic E-state index is -5.25. The largest absolute Gasteiger partial charge is 0.443 e. The second-order valence-electron chi connectivity index (χ2n) is 9.12. The topological polar surface area (TPSA) is 41.6 Å². The van der Waals surface area contributed by atoms with E-state index >= 15 is 0 Å². The molecule has 1 N–H and O–H groups in total. The molecule has 0 heterocycles. The molecular weight excluding hydrogens is 624 g/mol. The summed E-state index contributed by atoms with van der Waals surface area (Å²) < 4.78 is 164. The molecule has 0 bridgehead atoms. The van der Waals surface area contributed by atoms with Crippen molar-refractivity contribution < 1.29 is 62.2 Å². The fourth-order valence-electron chi connectivity index (χ4n) is 3.79. The summed E-state index contributed by atoms with van der Waals surface area (Å²) in [5.74, 6) is 0. The number of halogens is 12. The highest BCUT2D eigenvalue weighted by atomic mass is 19.4. The molecule has 0 atom stereocenters. The molecule has 0 spiro atoms. The van der Waals surface area contributed by atoms with Gasteiger partial charge in [-0.25, -0.2) is 4.79 Å². The molecule has 3 aromatic carbocycles. The zero-order valence-electron chi connectivity index (χ0n) is 21.9. The highest BCUT2D eigenvalue weighted by Crippen LogP contribution is 2.38. The molecule has 3 rings (SSSR count). The van der Waals surface area contributed by atoms with Crippen LogP contribution >= 0.6 is 0 Å². The Morgan fingerprint density at radius 2 is 1.41 bits per heavy atom. The Morgan fingerprint density at radius 3 is 1.98 bits per heavy atom. The second kappa shape index (κ2) is 13.1. The molecule has 0 radical (unpaired) electrons. The molecule has 0 saturated carbocycles. The molecular formula is C28H20F12N2O2. The maximum atomic E-state index is 13.8. The summed E-state index contributed by atoms with van der Waals surface area (Å²) in [6.07, 6.45) is -24.5. The molecule has 0 saturated heterocycles. The van der Waals surface area contributed by atoms with E-state index in [-0.39, 0.29) is 17.2 Å². The molecule has 0 fully saturated rings. The van der Waals surface area contributed by atoms with Crippen LogP contribution < -0.4 is 10.4 Å². The predicted octanol–water partition coefficient (Wildman–Crippen LogP) is 9.96. The van der Waals surface area contributed by atoms with Crippen LogP contribution in [-0.4, -0.2) is 18.4 Å². The van der Waals surface area contributed by atoms with Crippen LogP contribution in [0.3, 0.4) is 0 Å². The lowest BCUT2D eigenvalue weighted by atomic mass is 10.0. The van der Waals surface area contributed by atoms with Gasteiger partial charge in [-0.2, -0.15) is 57.7 Å². The molecule has 238 valence electrons. The first-order chi connectivity index (χ1) is 20.2. The number of benzene rings is 3. The number of amides is 1. The SMILES string of the molecule is O=C(OCc1ccccc1)N(Nc1ccc(CCC(F)(F)F)c(C(F)(F)F)c1)c1ccc(C=CC(F)(F)F)c(C(F)(F)F)c1. The van der Waals surface area contributed by atoms with Crippen molar-refractivity contribution in [3.63, 3.8) is 0 Å². The number of hydrazine groups is 1. The fraction of sp³-hybridized carbons (Fsp3) is 0.250. The van der Waals surface area contributed by atoms with Crippen LogP contribution in [0.1, 0.15) is 34.2 Å². The molecule has 0 aliphatic heterocycles. The fourth-order valence-corrected chi connectivity index (χ4v) is 3.79. The van der Waals surface area contributed by atoms with Gasteiger partial charge >= 0.3 is 30.8 Å². The monoisotopic (exact) mass is 644 g/mol. The lowest BCUT2D eigenvalue weighted by Crippen LogP contribution is -2.37. The van der Waals surface area contributed by atoms with Gasteiger partial charge in [-0.05, 0) is 53.5 Å². The third kappa shape index (κ3) is 10.1. The Morgan fingerprint density at radius 1 is 0.773 bits per heavy atom. The van der Waals surface area contributed by atoms with Crippen molar-refractivity contribution >= 4 is 23.5 Å². The third-order valence-electron chi connectivity index (χ3n) is 5.77. The van der Waals surface area contributed by atoms with Crippen molar-refractivity contribution in [1.82, 2.24) is 0 Å². The Kier molecular flexibility index (Phi) is 10.2. The third-order valence-corrected chi connectivity index (χ3v) is 5.77. The van der Waals surface area contributed by atoms with Crippen LogP contribution in [0.4, 0.5) is 68.9 Å². The maximum absolute atomic E-state index is 13.8. The number of hydrogen-bond donors (Lipinski definition) is 1. The van der Waals surface area contributed by atoms with Crippen LogP contribution in [0.15, 0.2) is 72.8 Å². The van der Waals surface area contributed by atoms with E-state index in [1.165, 1.54) is 12.1 Å². The number of ether oxygens (including phenoxy) is 1. The summed E-state index contributed by atoms with van der Waals surface area (Å²) in [6, 6.07) is 11.4. The number of carbonyl (C=O) groups is 1. The van der Waals surface area contributed by atoms with Crippen molar-refractivity contribution in [2.75, 3.05) is 10.4 Å². The molecule has 0 unspecified atom stereocenters. The summed E-state index contributed by atoms with van der Waals surface area (Å²) in [6.45, 7) is -0.444. The van der Waals surface area contributed by atoms with Crippen molar-refractivity contribution in [1.29, 1.82) is 0 Å². The van der Waals surface area contributed by atoms with Gasteiger partial charge < -0.3 is 4.74 Å². The van der Waals surface area contributed by atoms with Crippen molar-refractivity contribution in [3.05, 3.63) is 101 Å². The molecule has 3 aromatic rings. The van der Waals surface area contributed by atoms with E-state index in [2.05, 4.69) is 5.43 Å². The van der Waals surface area contributed by atoms with Gasteiger partial charge in [0.25, 0.3) is 0 Å². The quantitative estimate of drug-likeness (QED) is 0.196. The Labute approximate surface area is 241 Å². The van der Waals surface area contributed by atoms with Crippen LogP contribution in [0.2, 0.25) is 0 Å². The minimum absolute atomic E-state index is 0.146. The normalized spacial score (nSPS) is 12.8. The van der Waals surface area contributed by atoms with E-state index in [1.807, 2.05) is 0 Å². The van der Waals surface area contributed by atoms with Crippen molar-refractivity contribution in [3.8, 4) is 0 Å². The Bertz CT molecular complexity index is 1460. The van der Waals surface area contributed by atoms with Gasteiger partial charge in [-0.1, -0.05) is 42.5 Å². The zero-order valence-corrected chi connectivity index (χ0v) is 21.9. The number of rotatable bonds is 8. The van der Waals surface area contributed by atoms with E-state index < -0.39 is 90.0 Å². The number of aryl methyl sites for hydroxylation is 1. The van der Waals surface area contributed by atoms with Gasteiger partial charge in [0.1, 0.15) is 6.61 Å².